The number of ketones is 2. The Bertz CT molecular complexity index is 478. The van der Waals surface area contributed by atoms with Crippen molar-refractivity contribution in [1.29, 1.82) is 0 Å². The van der Waals surface area contributed by atoms with Crippen LogP contribution in [0.15, 0.2) is 25.3 Å². The highest BCUT2D eigenvalue weighted by Crippen LogP contribution is 2.74. The van der Waals surface area contributed by atoms with E-state index in [1.165, 1.54) is 18.6 Å². The van der Waals surface area contributed by atoms with E-state index in [0.717, 1.165) is 25.7 Å². The van der Waals surface area contributed by atoms with E-state index in [1.54, 1.807) is 0 Å². The van der Waals surface area contributed by atoms with Gasteiger partial charge in [0.1, 0.15) is 0 Å². The standard InChI is InChI=1S/C17H22O2/c1-4-14(18)13-7-6-12-11-8-9-16(3,10-11)17(12,13)15(19)5-2/h4-5,11-13H,1-2,6-10H2,3H3. The molecule has 0 spiro atoms. The third-order valence-electron chi connectivity index (χ3n) is 6.39. The monoisotopic (exact) mass is 258 g/mol. The summed E-state index contributed by atoms with van der Waals surface area (Å²) in [7, 11) is 0. The lowest BCUT2D eigenvalue weighted by Crippen LogP contribution is -2.51. The van der Waals surface area contributed by atoms with Crippen LogP contribution in [0.25, 0.3) is 0 Å². The first-order valence-electron chi connectivity index (χ1n) is 7.34. The molecule has 0 aromatic carbocycles. The predicted octanol–water partition coefficient (Wildman–Crippen LogP) is 3.33. The zero-order valence-electron chi connectivity index (χ0n) is 11.7. The van der Waals surface area contributed by atoms with Crippen molar-refractivity contribution < 1.29 is 9.59 Å². The van der Waals surface area contributed by atoms with Crippen LogP contribution in [0.5, 0.6) is 0 Å². The van der Waals surface area contributed by atoms with E-state index < -0.39 is 5.41 Å². The Morgan fingerprint density at radius 2 is 1.89 bits per heavy atom. The van der Waals surface area contributed by atoms with Crippen molar-refractivity contribution in [3.8, 4) is 0 Å². The van der Waals surface area contributed by atoms with Crippen LogP contribution in [0, 0.1) is 28.6 Å². The van der Waals surface area contributed by atoms with Gasteiger partial charge in [0.25, 0.3) is 0 Å². The lowest BCUT2D eigenvalue weighted by molar-refractivity contribution is -0.144. The van der Waals surface area contributed by atoms with Crippen molar-refractivity contribution in [1.82, 2.24) is 0 Å². The van der Waals surface area contributed by atoms with Crippen LogP contribution in [-0.2, 0) is 9.59 Å². The molecule has 0 saturated heterocycles. The summed E-state index contributed by atoms with van der Waals surface area (Å²) < 4.78 is 0. The minimum absolute atomic E-state index is 0.00650. The first-order valence-corrected chi connectivity index (χ1v) is 7.34. The van der Waals surface area contributed by atoms with Crippen LogP contribution < -0.4 is 0 Å². The molecule has 0 aromatic heterocycles. The quantitative estimate of drug-likeness (QED) is 0.725. The topological polar surface area (TPSA) is 34.1 Å². The molecule has 3 rings (SSSR count). The van der Waals surface area contributed by atoms with Gasteiger partial charge in [-0.15, -0.1) is 0 Å². The second-order valence-electron chi connectivity index (χ2n) is 6.84. The largest absolute Gasteiger partial charge is 0.295 e. The minimum atomic E-state index is -0.469. The maximum absolute atomic E-state index is 12.7. The average molecular weight is 258 g/mol. The lowest BCUT2D eigenvalue weighted by Gasteiger charge is -2.47. The van der Waals surface area contributed by atoms with Gasteiger partial charge in [0, 0.05) is 5.92 Å². The molecule has 19 heavy (non-hydrogen) atoms. The highest BCUT2D eigenvalue weighted by Gasteiger charge is 2.72. The van der Waals surface area contributed by atoms with Crippen LogP contribution in [0.1, 0.15) is 39.0 Å². The van der Waals surface area contributed by atoms with Gasteiger partial charge < -0.3 is 0 Å². The van der Waals surface area contributed by atoms with Crippen LogP contribution in [0.4, 0.5) is 0 Å². The third kappa shape index (κ3) is 1.28. The van der Waals surface area contributed by atoms with Gasteiger partial charge in [-0.25, -0.2) is 0 Å². The van der Waals surface area contributed by atoms with Gasteiger partial charge in [-0.1, -0.05) is 20.1 Å². The summed E-state index contributed by atoms with van der Waals surface area (Å²) in [5.41, 5.74) is -0.476. The molecule has 2 heteroatoms. The Morgan fingerprint density at radius 1 is 1.16 bits per heavy atom. The maximum Gasteiger partial charge on any atom is 0.162 e. The molecule has 2 bridgehead atoms. The number of hydrogen-bond acceptors (Lipinski definition) is 2. The molecule has 0 aromatic rings. The number of hydrogen-bond donors (Lipinski definition) is 0. The van der Waals surface area contributed by atoms with Crippen LogP contribution in [0.2, 0.25) is 0 Å². The van der Waals surface area contributed by atoms with Crippen molar-refractivity contribution in [2.24, 2.45) is 28.6 Å². The summed E-state index contributed by atoms with van der Waals surface area (Å²) >= 11 is 0. The molecule has 3 aliphatic rings. The Morgan fingerprint density at radius 3 is 2.53 bits per heavy atom. The van der Waals surface area contributed by atoms with E-state index in [4.69, 9.17) is 0 Å². The molecule has 0 aliphatic heterocycles. The van der Waals surface area contributed by atoms with E-state index in [1.807, 2.05) is 0 Å². The minimum Gasteiger partial charge on any atom is -0.295 e. The first-order chi connectivity index (χ1) is 9.01. The van der Waals surface area contributed by atoms with E-state index in [-0.39, 0.29) is 22.9 Å². The third-order valence-corrected chi connectivity index (χ3v) is 6.39. The average Bonchev–Trinajstić information content (AvgIpc) is 3.04. The number of carbonyl (C=O) groups is 2. The molecule has 3 aliphatic carbocycles. The summed E-state index contributed by atoms with van der Waals surface area (Å²) in [5.74, 6) is 1.05. The molecular weight excluding hydrogens is 236 g/mol. The molecule has 3 fully saturated rings. The van der Waals surface area contributed by atoms with Crippen LogP contribution in [0.3, 0.4) is 0 Å². The van der Waals surface area contributed by atoms with Crippen molar-refractivity contribution in [2.75, 3.05) is 0 Å². The fraction of sp³-hybridized carbons (Fsp3) is 0.647. The Labute approximate surface area is 115 Å². The molecule has 2 nitrogen and oxygen atoms in total. The first kappa shape index (κ1) is 12.8. The molecule has 5 atom stereocenters. The summed E-state index contributed by atoms with van der Waals surface area (Å²) in [6, 6.07) is 0. The highest BCUT2D eigenvalue weighted by molar-refractivity contribution is 6.03. The van der Waals surface area contributed by atoms with Crippen molar-refractivity contribution in [2.45, 2.75) is 39.0 Å². The Hall–Kier alpha value is -1.18. The summed E-state index contributed by atoms with van der Waals surface area (Å²) in [4.78, 5) is 25.0. The summed E-state index contributed by atoms with van der Waals surface area (Å²) in [6.45, 7) is 9.57. The van der Waals surface area contributed by atoms with E-state index in [0.29, 0.717) is 11.8 Å². The van der Waals surface area contributed by atoms with Crippen molar-refractivity contribution in [3.05, 3.63) is 25.3 Å². The smallest absolute Gasteiger partial charge is 0.162 e. The fourth-order valence-electron chi connectivity index (χ4n) is 5.87. The lowest BCUT2D eigenvalue weighted by atomic mass is 9.54. The van der Waals surface area contributed by atoms with Gasteiger partial charge in [0.15, 0.2) is 11.6 Å². The SMILES string of the molecule is C=CC(=O)C1CCC2C3CCC(C)(C3)C12C(=O)C=C. The maximum atomic E-state index is 12.7. The van der Waals surface area contributed by atoms with E-state index in [9.17, 15) is 9.59 Å². The van der Waals surface area contributed by atoms with E-state index in [2.05, 4.69) is 20.1 Å². The number of rotatable bonds is 4. The summed E-state index contributed by atoms with van der Waals surface area (Å²) in [5, 5.41) is 0. The molecular formula is C17H22O2. The second-order valence-corrected chi connectivity index (χ2v) is 6.84. The van der Waals surface area contributed by atoms with Crippen molar-refractivity contribution >= 4 is 11.6 Å². The molecule has 5 unspecified atom stereocenters. The van der Waals surface area contributed by atoms with Gasteiger partial charge >= 0.3 is 0 Å². The number of allylic oxidation sites excluding steroid dienone is 2. The molecule has 0 heterocycles. The number of fused-ring (bicyclic) bond motifs is 5. The van der Waals surface area contributed by atoms with E-state index >= 15 is 0 Å². The Kier molecular flexibility index (Phi) is 2.64. The predicted molar refractivity (Wildman–Crippen MR) is 74.5 cm³/mol. The number of carbonyl (C=O) groups excluding carboxylic acids is 2. The van der Waals surface area contributed by atoms with Gasteiger partial charge in [-0.05, 0) is 61.5 Å². The Balaban J connectivity index is 2.16. The second kappa shape index (κ2) is 3.91. The van der Waals surface area contributed by atoms with Gasteiger partial charge in [0.05, 0.1) is 5.41 Å². The van der Waals surface area contributed by atoms with Crippen LogP contribution in [-0.4, -0.2) is 11.6 Å². The molecule has 0 radical (unpaired) electrons. The fourth-order valence-corrected chi connectivity index (χ4v) is 5.87. The molecule has 0 amide bonds. The van der Waals surface area contributed by atoms with Gasteiger partial charge in [-0.2, -0.15) is 0 Å². The van der Waals surface area contributed by atoms with Crippen LogP contribution >= 0.6 is 0 Å². The van der Waals surface area contributed by atoms with Gasteiger partial charge in [-0.3, -0.25) is 9.59 Å². The zero-order valence-corrected chi connectivity index (χ0v) is 11.7. The summed E-state index contributed by atoms with van der Waals surface area (Å²) in [6.07, 6.45) is 8.16. The highest BCUT2D eigenvalue weighted by atomic mass is 16.1. The molecule has 0 N–H and O–H groups in total. The van der Waals surface area contributed by atoms with Crippen molar-refractivity contribution in [3.63, 3.8) is 0 Å². The van der Waals surface area contributed by atoms with Gasteiger partial charge in [0.2, 0.25) is 0 Å². The normalized spacial score (nSPS) is 46.9. The zero-order chi connectivity index (χ0) is 13.8. The molecule has 3 saturated carbocycles. The molecule has 102 valence electrons.